The Hall–Kier alpha value is -2.62. The first kappa shape index (κ1) is 16.2. The number of benzene rings is 2. The molecule has 0 radical (unpaired) electrons. The van der Waals surface area contributed by atoms with Gasteiger partial charge < -0.3 is 10.1 Å². The lowest BCUT2D eigenvalue weighted by molar-refractivity contribution is -0.119. The zero-order valence-corrected chi connectivity index (χ0v) is 13.9. The number of anilines is 1. The van der Waals surface area contributed by atoms with Crippen LogP contribution in [0.5, 0.6) is 5.75 Å². The molecule has 1 fully saturated rings. The normalized spacial score (nSPS) is 14.8. The first-order chi connectivity index (χ1) is 11.6. The van der Waals surface area contributed by atoms with Gasteiger partial charge in [0.2, 0.25) is 5.91 Å². The average Bonchev–Trinajstić information content (AvgIpc) is 3.46. The third-order valence-corrected chi connectivity index (χ3v) is 4.52. The van der Waals surface area contributed by atoms with Crippen molar-refractivity contribution in [3.05, 3.63) is 59.7 Å². The van der Waals surface area contributed by atoms with Crippen LogP contribution in [0, 0.1) is 11.8 Å². The maximum absolute atomic E-state index is 12.8. The van der Waals surface area contributed by atoms with Gasteiger partial charge in [-0.25, -0.2) is 0 Å². The topological polar surface area (TPSA) is 55.4 Å². The fourth-order valence-electron chi connectivity index (χ4n) is 2.74. The summed E-state index contributed by atoms with van der Waals surface area (Å²) >= 11 is 0. The molecule has 2 aromatic carbocycles. The molecule has 1 N–H and O–H groups in total. The smallest absolute Gasteiger partial charge is 0.227 e. The van der Waals surface area contributed by atoms with Crippen molar-refractivity contribution < 1.29 is 14.3 Å². The van der Waals surface area contributed by atoms with E-state index in [1.165, 1.54) is 0 Å². The number of amides is 1. The molecule has 2 aromatic rings. The summed E-state index contributed by atoms with van der Waals surface area (Å²) in [5, 5.41) is 2.92. The third kappa shape index (κ3) is 3.48. The van der Waals surface area contributed by atoms with Crippen LogP contribution in [-0.4, -0.2) is 18.8 Å². The Morgan fingerprint density at radius 1 is 1.08 bits per heavy atom. The minimum Gasteiger partial charge on any atom is -0.497 e. The Kier molecular flexibility index (Phi) is 4.65. The molecule has 0 aromatic heterocycles. The maximum atomic E-state index is 12.8. The Balaban J connectivity index is 1.82. The summed E-state index contributed by atoms with van der Waals surface area (Å²) < 4.78 is 5.12. The molecular weight excluding hydrogens is 302 g/mol. The van der Waals surface area contributed by atoms with Gasteiger partial charge in [0.1, 0.15) is 5.75 Å². The second-order valence-corrected chi connectivity index (χ2v) is 6.22. The number of carbonyl (C=O) groups excluding carboxylic acids is 2. The molecule has 1 aliphatic rings. The summed E-state index contributed by atoms with van der Waals surface area (Å²) in [7, 11) is 1.59. The summed E-state index contributed by atoms with van der Waals surface area (Å²) in [5.41, 5.74) is 1.63. The molecular formula is C20H21NO3. The van der Waals surface area contributed by atoms with Crippen LogP contribution in [0.4, 0.5) is 5.69 Å². The van der Waals surface area contributed by atoms with Crippen LogP contribution in [-0.2, 0) is 4.79 Å². The van der Waals surface area contributed by atoms with E-state index in [0.29, 0.717) is 28.5 Å². The van der Waals surface area contributed by atoms with Crippen molar-refractivity contribution in [1.82, 2.24) is 0 Å². The standard InChI is InChI=1S/C20H21NO3/c1-13(14-7-8-14)20(23)21-18-6-4-3-5-17(18)19(22)15-9-11-16(24-2)12-10-15/h3-6,9-14H,7-8H2,1-2H3,(H,21,23). The summed E-state index contributed by atoms with van der Waals surface area (Å²) in [6.07, 6.45) is 2.22. The lowest BCUT2D eigenvalue weighted by atomic mass is 10.0. The number of rotatable bonds is 6. The molecule has 4 heteroatoms. The molecule has 4 nitrogen and oxygen atoms in total. The van der Waals surface area contributed by atoms with Crippen LogP contribution in [0.3, 0.4) is 0 Å². The molecule has 1 saturated carbocycles. The molecule has 0 bridgehead atoms. The van der Waals surface area contributed by atoms with E-state index in [-0.39, 0.29) is 17.6 Å². The molecule has 0 aliphatic heterocycles. The van der Waals surface area contributed by atoms with Gasteiger partial charge in [0, 0.05) is 17.0 Å². The second-order valence-electron chi connectivity index (χ2n) is 6.22. The van der Waals surface area contributed by atoms with Gasteiger partial charge >= 0.3 is 0 Å². The maximum Gasteiger partial charge on any atom is 0.227 e. The van der Waals surface area contributed by atoms with Gasteiger partial charge in [-0.1, -0.05) is 19.1 Å². The highest BCUT2D eigenvalue weighted by atomic mass is 16.5. The van der Waals surface area contributed by atoms with Crippen LogP contribution in [0.2, 0.25) is 0 Å². The van der Waals surface area contributed by atoms with Crippen molar-refractivity contribution in [1.29, 1.82) is 0 Å². The van der Waals surface area contributed by atoms with Gasteiger partial charge in [0.05, 0.1) is 12.8 Å². The summed E-state index contributed by atoms with van der Waals surface area (Å²) in [5.74, 6) is 1.02. The largest absolute Gasteiger partial charge is 0.497 e. The molecule has 0 saturated heterocycles. The Labute approximate surface area is 141 Å². The number of methoxy groups -OCH3 is 1. The molecule has 24 heavy (non-hydrogen) atoms. The molecule has 124 valence electrons. The average molecular weight is 323 g/mol. The molecule has 1 aliphatic carbocycles. The second kappa shape index (κ2) is 6.87. The molecule has 0 heterocycles. The number of ketones is 1. The quantitative estimate of drug-likeness (QED) is 0.820. The highest BCUT2D eigenvalue weighted by Gasteiger charge is 2.32. The van der Waals surface area contributed by atoms with E-state index in [1.54, 1.807) is 49.6 Å². The van der Waals surface area contributed by atoms with Crippen molar-refractivity contribution >= 4 is 17.4 Å². The molecule has 0 spiro atoms. The van der Waals surface area contributed by atoms with Crippen molar-refractivity contribution in [3.63, 3.8) is 0 Å². The van der Waals surface area contributed by atoms with Crippen molar-refractivity contribution in [2.45, 2.75) is 19.8 Å². The number of hydrogen-bond acceptors (Lipinski definition) is 3. The lowest BCUT2D eigenvalue weighted by Crippen LogP contribution is -2.23. The summed E-state index contributed by atoms with van der Waals surface area (Å²) in [6.45, 7) is 1.95. The summed E-state index contributed by atoms with van der Waals surface area (Å²) in [6, 6.07) is 14.1. The van der Waals surface area contributed by atoms with Crippen molar-refractivity contribution in [2.24, 2.45) is 11.8 Å². The minimum atomic E-state index is -0.118. The van der Waals surface area contributed by atoms with Crippen LogP contribution < -0.4 is 10.1 Å². The van der Waals surface area contributed by atoms with E-state index >= 15 is 0 Å². The van der Waals surface area contributed by atoms with E-state index in [4.69, 9.17) is 4.74 Å². The van der Waals surface area contributed by atoms with Gasteiger partial charge in [-0.2, -0.15) is 0 Å². The van der Waals surface area contributed by atoms with Crippen LogP contribution in [0.1, 0.15) is 35.7 Å². The third-order valence-electron chi connectivity index (χ3n) is 4.52. The van der Waals surface area contributed by atoms with Crippen molar-refractivity contribution in [3.8, 4) is 5.75 Å². The predicted octanol–water partition coefficient (Wildman–Crippen LogP) is 3.91. The predicted molar refractivity (Wildman–Crippen MR) is 93.4 cm³/mol. The van der Waals surface area contributed by atoms with E-state index < -0.39 is 0 Å². The van der Waals surface area contributed by atoms with E-state index in [9.17, 15) is 9.59 Å². The zero-order chi connectivity index (χ0) is 17.1. The van der Waals surface area contributed by atoms with Crippen LogP contribution >= 0.6 is 0 Å². The first-order valence-electron chi connectivity index (χ1n) is 8.19. The Bertz CT molecular complexity index is 748. The van der Waals surface area contributed by atoms with E-state index in [2.05, 4.69) is 5.32 Å². The van der Waals surface area contributed by atoms with Crippen LogP contribution in [0.15, 0.2) is 48.5 Å². The SMILES string of the molecule is COc1ccc(C(=O)c2ccccc2NC(=O)C(C)C2CC2)cc1. The lowest BCUT2D eigenvalue weighted by Gasteiger charge is -2.14. The zero-order valence-electron chi connectivity index (χ0n) is 13.9. The number of para-hydroxylation sites is 1. The fourth-order valence-corrected chi connectivity index (χ4v) is 2.74. The van der Waals surface area contributed by atoms with Gasteiger partial charge in [0.15, 0.2) is 5.78 Å². The van der Waals surface area contributed by atoms with Gasteiger partial charge in [0.25, 0.3) is 0 Å². The van der Waals surface area contributed by atoms with Crippen molar-refractivity contribution in [2.75, 3.05) is 12.4 Å². The number of nitrogens with one attached hydrogen (secondary N) is 1. The number of ether oxygens (including phenoxy) is 1. The molecule has 1 atom stereocenters. The monoisotopic (exact) mass is 323 g/mol. The summed E-state index contributed by atoms with van der Waals surface area (Å²) in [4.78, 5) is 25.1. The van der Waals surface area contributed by atoms with Gasteiger partial charge in [-0.15, -0.1) is 0 Å². The molecule has 3 rings (SSSR count). The fraction of sp³-hybridized carbons (Fsp3) is 0.300. The van der Waals surface area contributed by atoms with Crippen LogP contribution in [0.25, 0.3) is 0 Å². The number of hydrogen-bond donors (Lipinski definition) is 1. The highest BCUT2D eigenvalue weighted by Crippen LogP contribution is 2.37. The molecule has 1 unspecified atom stereocenters. The Morgan fingerprint density at radius 3 is 2.38 bits per heavy atom. The minimum absolute atomic E-state index is 0.0193. The first-order valence-corrected chi connectivity index (χ1v) is 8.19. The van der Waals surface area contributed by atoms with E-state index in [0.717, 1.165) is 12.8 Å². The van der Waals surface area contributed by atoms with E-state index in [1.807, 2.05) is 13.0 Å². The number of carbonyl (C=O) groups is 2. The highest BCUT2D eigenvalue weighted by molar-refractivity contribution is 6.14. The van der Waals surface area contributed by atoms with Gasteiger partial charge in [-0.05, 0) is 55.2 Å². The van der Waals surface area contributed by atoms with Gasteiger partial charge in [-0.3, -0.25) is 9.59 Å². The molecule has 1 amide bonds. The Morgan fingerprint density at radius 2 is 1.75 bits per heavy atom.